The minimum atomic E-state index is -2.09. The molecule has 0 aromatic heterocycles. The normalized spacial score (nSPS) is 22.2. The highest BCUT2D eigenvalue weighted by molar-refractivity contribution is 6.74. The Bertz CT molecular complexity index is 970. The molecule has 222 valence electrons. The Morgan fingerprint density at radius 1 is 0.974 bits per heavy atom. The summed E-state index contributed by atoms with van der Waals surface area (Å²) in [6, 6.07) is 9.50. The van der Waals surface area contributed by atoms with Crippen LogP contribution in [0.1, 0.15) is 61.0 Å². The maximum atomic E-state index is 13.9. The summed E-state index contributed by atoms with van der Waals surface area (Å²) in [4.78, 5) is 26.8. The Labute approximate surface area is 239 Å². The maximum absolute atomic E-state index is 13.9. The third kappa shape index (κ3) is 8.10. The highest BCUT2D eigenvalue weighted by Crippen LogP contribution is 2.41. The van der Waals surface area contributed by atoms with Gasteiger partial charge in [0.2, 0.25) is 5.91 Å². The standard InChI is InChI=1S/C30H53NO6Si2/c1-22(26(32)30(8)25(31-27(30)33)20-37-39(11,12)29(5,6)7)24(19-36-38(9,10)28(2,3)4)35-21-34-18-23-16-14-13-15-17-23/h13-17,22,24-25H,18-21H2,1-12H3,(H,31,33)/t22-,24-,25-,30+/m1/s1. The Hall–Kier alpha value is -1.37. The monoisotopic (exact) mass is 579 g/mol. The van der Waals surface area contributed by atoms with Crippen molar-refractivity contribution < 1.29 is 27.9 Å². The molecule has 0 unspecified atom stereocenters. The maximum Gasteiger partial charge on any atom is 0.235 e. The lowest BCUT2D eigenvalue weighted by molar-refractivity contribution is -0.165. The third-order valence-corrected chi connectivity index (χ3v) is 18.3. The van der Waals surface area contributed by atoms with Gasteiger partial charge in [0.15, 0.2) is 22.4 Å². The number of hydrogen-bond acceptors (Lipinski definition) is 6. The van der Waals surface area contributed by atoms with Crippen LogP contribution in [0.15, 0.2) is 30.3 Å². The van der Waals surface area contributed by atoms with Gasteiger partial charge in [-0.15, -0.1) is 0 Å². The molecule has 0 spiro atoms. The zero-order valence-electron chi connectivity index (χ0n) is 26.4. The third-order valence-electron chi connectivity index (χ3n) is 9.27. The summed E-state index contributed by atoms with van der Waals surface area (Å²) in [5.41, 5.74) is -0.131. The zero-order valence-corrected chi connectivity index (χ0v) is 28.4. The lowest BCUT2D eigenvalue weighted by Gasteiger charge is -2.48. The minimum Gasteiger partial charge on any atom is -0.415 e. The molecule has 1 aliphatic rings. The molecule has 0 aliphatic carbocycles. The predicted molar refractivity (Wildman–Crippen MR) is 161 cm³/mol. The molecule has 39 heavy (non-hydrogen) atoms. The second-order valence-corrected chi connectivity index (χ2v) is 23.8. The van der Waals surface area contributed by atoms with Gasteiger partial charge < -0.3 is 23.6 Å². The SMILES string of the molecule is C[C@@H](C(=O)[C@@]1(C)C(=O)N[C@@H]1CO[Si](C)(C)C(C)(C)C)[C@@H](CO[Si](C)(C)C(C)(C)C)OCOCc1ccccc1. The van der Waals surface area contributed by atoms with Gasteiger partial charge in [0, 0.05) is 5.92 Å². The van der Waals surface area contributed by atoms with E-state index in [2.05, 4.69) is 73.0 Å². The van der Waals surface area contributed by atoms with E-state index in [1.165, 1.54) is 0 Å². The largest absolute Gasteiger partial charge is 0.415 e. The highest BCUT2D eigenvalue weighted by atomic mass is 28.4. The first kappa shape index (κ1) is 33.8. The Balaban J connectivity index is 2.14. The van der Waals surface area contributed by atoms with Crippen LogP contribution < -0.4 is 5.32 Å². The van der Waals surface area contributed by atoms with Crippen LogP contribution in [0.25, 0.3) is 0 Å². The van der Waals surface area contributed by atoms with Crippen molar-refractivity contribution in [1.29, 1.82) is 0 Å². The van der Waals surface area contributed by atoms with E-state index in [1.54, 1.807) is 6.92 Å². The molecule has 7 nitrogen and oxygen atoms in total. The second-order valence-electron chi connectivity index (χ2n) is 14.2. The van der Waals surface area contributed by atoms with E-state index in [-0.39, 0.29) is 41.2 Å². The fourth-order valence-corrected chi connectivity index (χ4v) is 5.92. The van der Waals surface area contributed by atoms with Crippen LogP contribution in [0.5, 0.6) is 0 Å². The summed E-state index contributed by atoms with van der Waals surface area (Å²) in [5, 5.41) is 2.98. The average Bonchev–Trinajstić information content (AvgIpc) is 2.83. The van der Waals surface area contributed by atoms with Gasteiger partial charge >= 0.3 is 0 Å². The number of benzene rings is 1. The molecule has 1 saturated heterocycles. The Kier molecular flexibility index (Phi) is 11.0. The molecule has 1 aliphatic heterocycles. The first-order valence-electron chi connectivity index (χ1n) is 14.1. The van der Waals surface area contributed by atoms with Crippen molar-refractivity contribution in [3.8, 4) is 0 Å². The second kappa shape index (κ2) is 12.7. The molecule has 1 heterocycles. The van der Waals surface area contributed by atoms with Crippen molar-refractivity contribution in [3.05, 3.63) is 35.9 Å². The first-order valence-corrected chi connectivity index (χ1v) is 19.9. The van der Waals surface area contributed by atoms with Crippen LogP contribution in [0, 0.1) is 11.3 Å². The molecule has 1 N–H and O–H groups in total. The molecule has 4 atom stereocenters. The average molecular weight is 580 g/mol. The van der Waals surface area contributed by atoms with Crippen LogP contribution >= 0.6 is 0 Å². The number of carbonyl (C=O) groups excluding carboxylic acids is 2. The van der Waals surface area contributed by atoms with Crippen LogP contribution in [-0.4, -0.2) is 60.5 Å². The Morgan fingerprint density at radius 3 is 2.03 bits per heavy atom. The van der Waals surface area contributed by atoms with Crippen LogP contribution in [0.2, 0.25) is 36.3 Å². The van der Waals surface area contributed by atoms with E-state index in [0.29, 0.717) is 13.2 Å². The van der Waals surface area contributed by atoms with E-state index < -0.39 is 34.1 Å². The highest BCUT2D eigenvalue weighted by Gasteiger charge is 2.59. The lowest BCUT2D eigenvalue weighted by Crippen LogP contribution is -2.72. The number of rotatable bonds is 14. The van der Waals surface area contributed by atoms with Gasteiger partial charge in [-0.2, -0.15) is 0 Å². The van der Waals surface area contributed by atoms with Gasteiger partial charge in [-0.1, -0.05) is 78.8 Å². The predicted octanol–water partition coefficient (Wildman–Crippen LogP) is 6.30. The number of Topliss-reactive ketones (excluding diaryl/α,β-unsaturated/α-hetero) is 1. The summed E-state index contributed by atoms with van der Waals surface area (Å²) in [5.74, 6) is -0.976. The number of nitrogens with one attached hydrogen (secondary N) is 1. The van der Waals surface area contributed by atoms with Crippen LogP contribution in [0.4, 0.5) is 0 Å². The number of hydrogen-bond donors (Lipinski definition) is 1. The van der Waals surface area contributed by atoms with E-state index in [0.717, 1.165) is 5.56 Å². The molecular weight excluding hydrogens is 527 g/mol. The molecule has 0 radical (unpaired) electrons. The topological polar surface area (TPSA) is 83.1 Å². The first-order chi connectivity index (χ1) is 17.7. The minimum absolute atomic E-state index is 0.0145. The summed E-state index contributed by atoms with van der Waals surface area (Å²) >= 11 is 0. The summed E-state index contributed by atoms with van der Waals surface area (Å²) in [6.07, 6.45) is -0.547. The fourth-order valence-electron chi connectivity index (χ4n) is 3.89. The molecule has 9 heteroatoms. The van der Waals surface area contributed by atoms with Crippen molar-refractivity contribution in [2.75, 3.05) is 20.0 Å². The lowest BCUT2D eigenvalue weighted by atomic mass is 9.67. The van der Waals surface area contributed by atoms with Gasteiger partial charge in [0.1, 0.15) is 12.2 Å². The molecule has 1 aromatic rings. The fraction of sp³-hybridized carbons (Fsp3) is 0.733. The van der Waals surface area contributed by atoms with Crippen molar-refractivity contribution in [2.45, 2.75) is 110 Å². The van der Waals surface area contributed by atoms with E-state index in [9.17, 15) is 9.59 Å². The molecular formula is C30H53NO6Si2. The van der Waals surface area contributed by atoms with Gasteiger partial charge in [-0.05, 0) is 48.8 Å². The summed E-state index contributed by atoms with van der Waals surface area (Å²) < 4.78 is 24.8. The van der Waals surface area contributed by atoms with Crippen molar-refractivity contribution in [2.24, 2.45) is 11.3 Å². The van der Waals surface area contributed by atoms with Crippen molar-refractivity contribution in [1.82, 2.24) is 5.32 Å². The molecule has 0 saturated carbocycles. The molecule has 1 aromatic carbocycles. The number of carbonyl (C=O) groups is 2. The van der Waals surface area contributed by atoms with Crippen LogP contribution in [0.3, 0.4) is 0 Å². The van der Waals surface area contributed by atoms with E-state index in [1.807, 2.05) is 37.3 Å². The summed E-state index contributed by atoms with van der Waals surface area (Å²) in [6.45, 7) is 26.4. The molecule has 1 fully saturated rings. The number of ether oxygens (including phenoxy) is 2. The number of ketones is 1. The molecule has 2 rings (SSSR count). The van der Waals surface area contributed by atoms with Crippen molar-refractivity contribution >= 4 is 28.3 Å². The number of β-lactam (4-membered cyclic amide) rings is 1. The molecule has 0 bridgehead atoms. The summed E-state index contributed by atoms with van der Waals surface area (Å²) in [7, 11) is -4.13. The van der Waals surface area contributed by atoms with E-state index >= 15 is 0 Å². The van der Waals surface area contributed by atoms with Crippen molar-refractivity contribution in [3.63, 3.8) is 0 Å². The number of amides is 1. The van der Waals surface area contributed by atoms with Crippen LogP contribution in [-0.2, 0) is 34.5 Å². The van der Waals surface area contributed by atoms with Gasteiger partial charge in [0.05, 0.1) is 32.0 Å². The smallest absolute Gasteiger partial charge is 0.235 e. The zero-order chi connectivity index (χ0) is 29.9. The Morgan fingerprint density at radius 2 is 1.51 bits per heavy atom. The van der Waals surface area contributed by atoms with Gasteiger partial charge in [-0.25, -0.2) is 0 Å². The quantitative estimate of drug-likeness (QED) is 0.0916. The van der Waals surface area contributed by atoms with Gasteiger partial charge in [-0.3, -0.25) is 9.59 Å². The van der Waals surface area contributed by atoms with E-state index in [4.69, 9.17) is 18.3 Å². The molecule has 1 amide bonds. The van der Waals surface area contributed by atoms with Gasteiger partial charge in [0.25, 0.3) is 0 Å².